The van der Waals surface area contributed by atoms with Gasteiger partial charge in [0.1, 0.15) is 31.0 Å². The summed E-state index contributed by atoms with van der Waals surface area (Å²) in [4.78, 5) is 50.0. The van der Waals surface area contributed by atoms with E-state index < -0.39 is 64.0 Å². The molecular weight excluding hydrogens is 532 g/mol. The van der Waals surface area contributed by atoms with Gasteiger partial charge >= 0.3 is 23.9 Å². The van der Waals surface area contributed by atoms with Crippen molar-refractivity contribution in [2.24, 2.45) is 16.7 Å². The lowest BCUT2D eigenvalue weighted by atomic mass is 9.41. The molecule has 0 bridgehead atoms. The van der Waals surface area contributed by atoms with Gasteiger partial charge in [0, 0.05) is 38.2 Å². The van der Waals surface area contributed by atoms with Crippen molar-refractivity contribution in [2.75, 3.05) is 19.8 Å². The predicted molar refractivity (Wildman–Crippen MR) is 143 cm³/mol. The summed E-state index contributed by atoms with van der Waals surface area (Å²) in [5.74, 6) is -2.52. The maximum atomic E-state index is 13.4. The molecular formula is C31H38O10. The Morgan fingerprint density at radius 1 is 1.12 bits per heavy atom. The number of carbonyl (C=O) groups excluding carboxylic acids is 4. The topological polar surface area (TPSA) is 138 Å². The molecule has 0 aromatic heterocycles. The van der Waals surface area contributed by atoms with Gasteiger partial charge in [0.05, 0.1) is 23.2 Å². The lowest BCUT2D eigenvalue weighted by Gasteiger charge is -2.66. The molecule has 2 saturated carbocycles. The Kier molecular flexibility index (Phi) is 7.53. The van der Waals surface area contributed by atoms with Crippen LogP contribution in [0.25, 0.3) is 0 Å². The molecule has 222 valence electrons. The van der Waals surface area contributed by atoms with Crippen LogP contribution in [0.5, 0.6) is 0 Å². The normalized spacial score (nSPS) is 36.4. The highest BCUT2D eigenvalue weighted by molar-refractivity contribution is 5.89. The van der Waals surface area contributed by atoms with Crippen molar-refractivity contribution < 1.29 is 48.0 Å². The Bertz CT molecular complexity index is 1250. The molecule has 41 heavy (non-hydrogen) atoms. The molecule has 0 unspecified atom stereocenters. The smallest absolute Gasteiger partial charge is 0.338 e. The third-order valence-corrected chi connectivity index (χ3v) is 10.00. The molecule has 7 atom stereocenters. The predicted octanol–water partition coefficient (Wildman–Crippen LogP) is 3.30. The van der Waals surface area contributed by atoms with Crippen molar-refractivity contribution in [1.29, 1.82) is 0 Å². The summed E-state index contributed by atoms with van der Waals surface area (Å²) in [6.07, 6.45) is 1.78. The first-order chi connectivity index (χ1) is 19.3. The zero-order valence-electron chi connectivity index (χ0n) is 24.0. The minimum absolute atomic E-state index is 0.0167. The van der Waals surface area contributed by atoms with Crippen LogP contribution in [0.15, 0.2) is 42.0 Å². The van der Waals surface area contributed by atoms with E-state index in [9.17, 15) is 24.3 Å². The Hall–Kier alpha value is -3.24. The van der Waals surface area contributed by atoms with E-state index in [0.717, 1.165) is 6.42 Å². The summed E-state index contributed by atoms with van der Waals surface area (Å²) >= 11 is 0. The van der Waals surface area contributed by atoms with Gasteiger partial charge in [-0.15, -0.1) is 0 Å². The lowest BCUT2D eigenvalue weighted by molar-refractivity contribution is -0.284. The van der Waals surface area contributed by atoms with Crippen LogP contribution in [-0.2, 0) is 38.1 Å². The highest BCUT2D eigenvalue weighted by Crippen LogP contribution is 2.70. The number of aliphatic hydroxyl groups is 1. The molecule has 5 rings (SSSR count). The molecule has 1 N–H and O–H groups in total. The monoisotopic (exact) mass is 570 g/mol. The first-order valence-corrected chi connectivity index (χ1v) is 14.1. The molecule has 2 aliphatic carbocycles. The van der Waals surface area contributed by atoms with Crippen LogP contribution in [0.2, 0.25) is 0 Å². The van der Waals surface area contributed by atoms with Gasteiger partial charge in [0.15, 0.2) is 0 Å². The molecule has 10 heteroatoms. The standard InChI is InChI=1S/C31H38O10/c1-19(32)38-18-31-23(11-8-12-30(31)17-39-30)29(4,24(40-20(2)33)13-21-14-26(34)37-16-21)28(3,36)15-25(31)41-27(35)22-9-6-5-7-10-22/h5-7,9-10,14,23-25,36H,8,11-13,15-18H2,1-4H3/t23-,24+,25+,28+,29+,30+,31+/m1/s1. The SMILES string of the molecule is CC(=O)OC[C@@]12[C@@H](OC(=O)c3ccccc3)C[C@](C)(O)[C@](C)([C@H](CC3=CC(=O)OC3)OC(C)=O)[C@H]1CCC[C@]21CO1. The molecule has 1 aromatic rings. The minimum atomic E-state index is -1.52. The van der Waals surface area contributed by atoms with Crippen molar-refractivity contribution in [3.63, 3.8) is 0 Å². The number of rotatable bonds is 8. The second-order valence-corrected chi connectivity index (χ2v) is 12.3. The van der Waals surface area contributed by atoms with Gasteiger partial charge in [-0.05, 0) is 43.4 Å². The van der Waals surface area contributed by atoms with Crippen molar-refractivity contribution in [1.82, 2.24) is 0 Å². The fraction of sp³-hybridized carbons (Fsp3) is 0.613. The molecule has 4 aliphatic rings. The number of ether oxygens (including phenoxy) is 5. The Morgan fingerprint density at radius 3 is 2.41 bits per heavy atom. The largest absolute Gasteiger partial charge is 0.465 e. The van der Waals surface area contributed by atoms with Gasteiger partial charge in [-0.1, -0.05) is 31.5 Å². The maximum Gasteiger partial charge on any atom is 0.338 e. The zero-order chi connectivity index (χ0) is 29.6. The molecule has 0 radical (unpaired) electrons. The van der Waals surface area contributed by atoms with E-state index in [1.54, 1.807) is 37.3 Å². The van der Waals surface area contributed by atoms with E-state index in [-0.39, 0.29) is 26.1 Å². The molecule has 1 aromatic carbocycles. The van der Waals surface area contributed by atoms with Gasteiger partial charge < -0.3 is 28.8 Å². The summed E-state index contributed by atoms with van der Waals surface area (Å²) in [6, 6.07) is 8.59. The van der Waals surface area contributed by atoms with E-state index in [2.05, 4.69) is 0 Å². The summed E-state index contributed by atoms with van der Waals surface area (Å²) in [6.45, 7) is 6.54. The summed E-state index contributed by atoms with van der Waals surface area (Å²) in [5.41, 5.74) is -3.42. The average Bonchev–Trinajstić information content (AvgIpc) is 3.57. The van der Waals surface area contributed by atoms with Crippen molar-refractivity contribution in [3.05, 3.63) is 47.5 Å². The first-order valence-electron chi connectivity index (χ1n) is 14.1. The van der Waals surface area contributed by atoms with E-state index in [0.29, 0.717) is 30.6 Å². The highest BCUT2D eigenvalue weighted by Gasteiger charge is 2.78. The second kappa shape index (κ2) is 10.5. The lowest BCUT2D eigenvalue weighted by Crippen LogP contribution is -2.74. The highest BCUT2D eigenvalue weighted by atomic mass is 16.6. The number of hydrogen-bond donors (Lipinski definition) is 1. The zero-order valence-corrected chi connectivity index (χ0v) is 24.0. The molecule has 0 amide bonds. The van der Waals surface area contributed by atoms with E-state index >= 15 is 0 Å². The maximum absolute atomic E-state index is 13.4. The minimum Gasteiger partial charge on any atom is -0.465 e. The summed E-state index contributed by atoms with van der Waals surface area (Å²) < 4.78 is 29.2. The number of fused-ring (bicyclic) bond motifs is 2. The first kappa shape index (κ1) is 29.3. The fourth-order valence-electron chi connectivity index (χ4n) is 7.77. The third kappa shape index (κ3) is 4.95. The number of hydrogen-bond acceptors (Lipinski definition) is 10. The van der Waals surface area contributed by atoms with Crippen LogP contribution < -0.4 is 0 Å². The second-order valence-electron chi connectivity index (χ2n) is 12.3. The van der Waals surface area contributed by atoms with Crippen LogP contribution in [0.1, 0.15) is 70.2 Å². The molecule has 3 fully saturated rings. The molecule has 1 saturated heterocycles. The van der Waals surface area contributed by atoms with Gasteiger partial charge in [-0.2, -0.15) is 0 Å². The van der Waals surface area contributed by atoms with Gasteiger partial charge in [-0.25, -0.2) is 9.59 Å². The van der Waals surface area contributed by atoms with Crippen LogP contribution in [0.3, 0.4) is 0 Å². The van der Waals surface area contributed by atoms with E-state index in [1.165, 1.54) is 19.9 Å². The summed E-state index contributed by atoms with van der Waals surface area (Å²) in [7, 11) is 0. The van der Waals surface area contributed by atoms with E-state index in [4.69, 9.17) is 23.7 Å². The number of cyclic esters (lactones) is 1. The van der Waals surface area contributed by atoms with Crippen molar-refractivity contribution in [3.8, 4) is 0 Å². The molecule has 2 aliphatic heterocycles. The van der Waals surface area contributed by atoms with Gasteiger partial charge in [-0.3, -0.25) is 9.59 Å². The summed E-state index contributed by atoms with van der Waals surface area (Å²) in [5, 5.41) is 12.3. The van der Waals surface area contributed by atoms with Crippen LogP contribution in [-0.4, -0.2) is 72.2 Å². The Morgan fingerprint density at radius 2 is 1.83 bits per heavy atom. The van der Waals surface area contributed by atoms with E-state index in [1.807, 2.05) is 6.92 Å². The van der Waals surface area contributed by atoms with Crippen molar-refractivity contribution >= 4 is 23.9 Å². The Balaban J connectivity index is 1.64. The molecule has 10 nitrogen and oxygen atoms in total. The number of esters is 4. The fourth-order valence-corrected chi connectivity index (χ4v) is 7.77. The number of carbonyl (C=O) groups is 4. The Labute approximate surface area is 239 Å². The quantitative estimate of drug-likeness (QED) is 0.281. The number of benzene rings is 1. The number of epoxide rings is 1. The van der Waals surface area contributed by atoms with Crippen molar-refractivity contribution in [2.45, 2.75) is 83.2 Å². The van der Waals surface area contributed by atoms with Gasteiger partial charge in [0.2, 0.25) is 0 Å². The van der Waals surface area contributed by atoms with Crippen LogP contribution in [0, 0.1) is 16.7 Å². The third-order valence-electron chi connectivity index (χ3n) is 10.00. The average molecular weight is 571 g/mol. The molecule has 2 heterocycles. The van der Waals surface area contributed by atoms with Crippen LogP contribution in [0.4, 0.5) is 0 Å². The van der Waals surface area contributed by atoms with Gasteiger partial charge in [0.25, 0.3) is 0 Å². The molecule has 1 spiro atoms. The van der Waals surface area contributed by atoms with Crippen LogP contribution >= 0.6 is 0 Å².